The molecule has 0 saturated carbocycles. The van der Waals surface area contributed by atoms with E-state index < -0.39 is 5.97 Å². The SMILES string of the molecule is C/C=C/COC(=O)Cn1c(=O)sc2cccc(Cl)c21. The summed E-state index contributed by atoms with van der Waals surface area (Å²) in [6.07, 6.45) is 3.51. The predicted molar refractivity (Wildman–Crippen MR) is 76.9 cm³/mol. The van der Waals surface area contributed by atoms with Crippen molar-refractivity contribution in [2.24, 2.45) is 0 Å². The number of benzene rings is 1. The van der Waals surface area contributed by atoms with Gasteiger partial charge in [0.25, 0.3) is 0 Å². The smallest absolute Gasteiger partial charge is 0.326 e. The molecule has 1 aromatic heterocycles. The average Bonchev–Trinajstić information content (AvgIpc) is 2.67. The van der Waals surface area contributed by atoms with Crippen LogP contribution in [0, 0.1) is 0 Å². The lowest BCUT2D eigenvalue weighted by Crippen LogP contribution is -2.21. The fourth-order valence-corrected chi connectivity index (χ4v) is 2.89. The zero-order valence-corrected chi connectivity index (χ0v) is 11.8. The van der Waals surface area contributed by atoms with E-state index in [1.807, 2.05) is 6.92 Å². The number of hydrogen-bond acceptors (Lipinski definition) is 4. The van der Waals surface area contributed by atoms with Crippen LogP contribution in [0.15, 0.2) is 35.1 Å². The molecule has 2 aromatic rings. The van der Waals surface area contributed by atoms with Crippen molar-refractivity contribution in [2.75, 3.05) is 6.61 Å². The summed E-state index contributed by atoms with van der Waals surface area (Å²) in [5, 5.41) is 0.456. The Morgan fingerprint density at radius 2 is 2.32 bits per heavy atom. The Morgan fingerprint density at radius 1 is 1.53 bits per heavy atom. The average molecular weight is 298 g/mol. The molecule has 1 aromatic carbocycles. The zero-order valence-electron chi connectivity index (χ0n) is 10.3. The number of allylic oxidation sites excluding steroid dienone is 1. The molecule has 100 valence electrons. The van der Waals surface area contributed by atoms with Crippen molar-refractivity contribution in [1.82, 2.24) is 4.57 Å². The fraction of sp³-hybridized carbons (Fsp3) is 0.231. The normalized spacial score (nSPS) is 11.3. The van der Waals surface area contributed by atoms with Crippen LogP contribution >= 0.6 is 22.9 Å². The molecule has 19 heavy (non-hydrogen) atoms. The number of ether oxygens (including phenoxy) is 1. The highest BCUT2D eigenvalue weighted by Crippen LogP contribution is 2.25. The number of esters is 1. The van der Waals surface area contributed by atoms with Gasteiger partial charge in [-0.25, -0.2) is 0 Å². The molecule has 6 heteroatoms. The van der Waals surface area contributed by atoms with Crippen LogP contribution in [0.3, 0.4) is 0 Å². The number of carbonyl (C=O) groups excluding carboxylic acids is 1. The molecule has 2 rings (SSSR count). The maximum Gasteiger partial charge on any atom is 0.326 e. The summed E-state index contributed by atoms with van der Waals surface area (Å²) in [6.45, 7) is 1.92. The minimum Gasteiger partial charge on any atom is -0.460 e. The molecule has 4 nitrogen and oxygen atoms in total. The summed E-state index contributed by atoms with van der Waals surface area (Å²) < 4.78 is 7.09. The standard InChI is InChI=1S/C13H12ClNO3S/c1-2-3-7-18-11(16)8-15-12-9(14)5-4-6-10(12)19-13(15)17/h2-6H,7-8H2,1H3/b3-2+. The molecule has 0 bridgehead atoms. The van der Waals surface area contributed by atoms with Gasteiger partial charge in [0.15, 0.2) is 0 Å². The van der Waals surface area contributed by atoms with Crippen LogP contribution in [-0.4, -0.2) is 17.1 Å². The Morgan fingerprint density at radius 3 is 3.05 bits per heavy atom. The Hall–Kier alpha value is -1.59. The number of thiazole rings is 1. The van der Waals surface area contributed by atoms with Gasteiger partial charge in [0.05, 0.1) is 15.2 Å². The number of aromatic nitrogens is 1. The van der Waals surface area contributed by atoms with Gasteiger partial charge in [-0.1, -0.05) is 41.2 Å². The Labute approximate surface area is 118 Å². The van der Waals surface area contributed by atoms with Gasteiger partial charge in [-0.15, -0.1) is 0 Å². The van der Waals surface area contributed by atoms with Crippen LogP contribution < -0.4 is 4.87 Å². The van der Waals surface area contributed by atoms with E-state index in [-0.39, 0.29) is 18.0 Å². The molecule has 1 heterocycles. The molecular weight excluding hydrogens is 286 g/mol. The van der Waals surface area contributed by atoms with Crippen molar-refractivity contribution >= 4 is 39.1 Å². The maximum absolute atomic E-state index is 11.9. The molecule has 0 aliphatic carbocycles. The van der Waals surface area contributed by atoms with E-state index in [1.165, 1.54) is 4.57 Å². The van der Waals surface area contributed by atoms with Crippen molar-refractivity contribution in [1.29, 1.82) is 0 Å². The van der Waals surface area contributed by atoms with Gasteiger partial charge in [-0.2, -0.15) is 0 Å². The van der Waals surface area contributed by atoms with Gasteiger partial charge in [0.2, 0.25) is 0 Å². The molecule has 0 fully saturated rings. The fourth-order valence-electron chi connectivity index (χ4n) is 1.64. The first kappa shape index (κ1) is 13.8. The van der Waals surface area contributed by atoms with Gasteiger partial charge in [0.1, 0.15) is 13.2 Å². The highest BCUT2D eigenvalue weighted by Gasteiger charge is 2.14. The van der Waals surface area contributed by atoms with Crippen molar-refractivity contribution in [2.45, 2.75) is 13.5 Å². The molecule has 0 spiro atoms. The van der Waals surface area contributed by atoms with Crippen LogP contribution in [0.25, 0.3) is 10.2 Å². The van der Waals surface area contributed by atoms with Gasteiger partial charge in [0, 0.05) is 0 Å². The molecule has 0 N–H and O–H groups in total. The first-order chi connectivity index (χ1) is 9.13. The van der Waals surface area contributed by atoms with Crippen molar-refractivity contribution < 1.29 is 9.53 Å². The number of fused-ring (bicyclic) bond motifs is 1. The molecule has 0 radical (unpaired) electrons. The third-order valence-corrected chi connectivity index (χ3v) is 3.75. The Kier molecular flexibility index (Phi) is 4.39. The minimum atomic E-state index is -0.459. The number of nitrogens with zero attached hydrogens (tertiary/aromatic N) is 1. The maximum atomic E-state index is 11.9. The van der Waals surface area contributed by atoms with E-state index in [2.05, 4.69) is 0 Å². The number of rotatable bonds is 4. The van der Waals surface area contributed by atoms with Crippen LogP contribution in [0.1, 0.15) is 6.92 Å². The first-order valence-corrected chi connectivity index (χ1v) is 6.87. The topological polar surface area (TPSA) is 48.3 Å². The molecular formula is C13H12ClNO3S. The first-order valence-electron chi connectivity index (χ1n) is 5.68. The summed E-state index contributed by atoms with van der Waals surface area (Å²) >= 11 is 7.13. The second-order valence-electron chi connectivity index (χ2n) is 3.79. The van der Waals surface area contributed by atoms with Crippen LogP contribution in [0.4, 0.5) is 0 Å². The van der Waals surface area contributed by atoms with E-state index in [0.29, 0.717) is 10.5 Å². The number of para-hydroxylation sites is 1. The van der Waals surface area contributed by atoms with Crippen molar-refractivity contribution in [3.63, 3.8) is 0 Å². The second kappa shape index (κ2) is 6.04. The number of halogens is 1. The van der Waals surface area contributed by atoms with E-state index in [0.717, 1.165) is 16.0 Å². The number of carbonyl (C=O) groups is 1. The number of hydrogen-bond donors (Lipinski definition) is 0. The van der Waals surface area contributed by atoms with Crippen LogP contribution in [-0.2, 0) is 16.1 Å². The summed E-state index contributed by atoms with van der Waals surface area (Å²) in [6, 6.07) is 5.27. The molecule has 0 amide bonds. The van der Waals surface area contributed by atoms with Crippen LogP contribution in [0.5, 0.6) is 0 Å². The largest absolute Gasteiger partial charge is 0.460 e. The summed E-state index contributed by atoms with van der Waals surface area (Å²) in [5.74, 6) is -0.459. The summed E-state index contributed by atoms with van der Waals surface area (Å²) in [7, 11) is 0. The van der Waals surface area contributed by atoms with E-state index in [9.17, 15) is 9.59 Å². The third kappa shape index (κ3) is 3.05. The quantitative estimate of drug-likeness (QED) is 0.644. The monoisotopic (exact) mass is 297 g/mol. The third-order valence-electron chi connectivity index (χ3n) is 2.50. The lowest BCUT2D eigenvalue weighted by Gasteiger charge is -2.04. The Balaban J connectivity index is 2.28. The van der Waals surface area contributed by atoms with Crippen molar-refractivity contribution in [3.05, 3.63) is 45.0 Å². The molecule has 0 aliphatic rings. The molecule has 0 aliphatic heterocycles. The van der Waals surface area contributed by atoms with E-state index in [1.54, 1.807) is 30.4 Å². The van der Waals surface area contributed by atoms with E-state index in [4.69, 9.17) is 16.3 Å². The predicted octanol–water partition coefficient (Wildman–Crippen LogP) is 2.84. The molecule has 0 unspecified atom stereocenters. The lowest BCUT2D eigenvalue weighted by molar-refractivity contribution is -0.143. The van der Waals surface area contributed by atoms with Gasteiger partial charge in [-0.05, 0) is 19.1 Å². The summed E-state index contributed by atoms with van der Waals surface area (Å²) in [4.78, 5) is 23.3. The van der Waals surface area contributed by atoms with E-state index >= 15 is 0 Å². The van der Waals surface area contributed by atoms with Crippen LogP contribution in [0.2, 0.25) is 5.02 Å². The van der Waals surface area contributed by atoms with Gasteiger partial charge >= 0.3 is 10.8 Å². The highest BCUT2D eigenvalue weighted by molar-refractivity contribution is 7.16. The lowest BCUT2D eigenvalue weighted by atomic mass is 10.3. The Bertz CT molecular complexity index is 687. The highest BCUT2D eigenvalue weighted by atomic mass is 35.5. The minimum absolute atomic E-state index is 0.125. The molecule has 0 saturated heterocycles. The summed E-state index contributed by atoms with van der Waals surface area (Å²) in [5.41, 5.74) is 0.585. The molecule has 0 atom stereocenters. The zero-order chi connectivity index (χ0) is 13.8. The second-order valence-corrected chi connectivity index (χ2v) is 5.19. The van der Waals surface area contributed by atoms with Crippen molar-refractivity contribution in [3.8, 4) is 0 Å². The van der Waals surface area contributed by atoms with Gasteiger partial charge < -0.3 is 4.74 Å². The van der Waals surface area contributed by atoms with Gasteiger partial charge in [-0.3, -0.25) is 14.2 Å².